The lowest BCUT2D eigenvalue weighted by Gasteiger charge is -2.30. The minimum Gasteiger partial charge on any atom is -0.326 e. The van der Waals surface area contributed by atoms with E-state index in [-0.39, 0.29) is 41.1 Å². The van der Waals surface area contributed by atoms with Crippen LogP contribution >= 0.6 is 12.4 Å². The van der Waals surface area contributed by atoms with Gasteiger partial charge in [-0.25, -0.2) is 14.0 Å². The molecule has 1 aromatic heterocycles. The molecule has 2 aliphatic rings. The number of aromatic nitrogens is 2. The van der Waals surface area contributed by atoms with Crippen LogP contribution in [0.3, 0.4) is 0 Å². The summed E-state index contributed by atoms with van der Waals surface area (Å²) in [6.07, 6.45) is 3.63. The molecule has 2 amide bonds. The molecule has 31 heavy (non-hydrogen) atoms. The number of rotatable bonds is 4. The van der Waals surface area contributed by atoms with Gasteiger partial charge in [0.05, 0.1) is 16.6 Å². The highest BCUT2D eigenvalue weighted by atomic mass is 35.5. The molecule has 170 valence electrons. The van der Waals surface area contributed by atoms with E-state index in [1.54, 1.807) is 4.90 Å². The van der Waals surface area contributed by atoms with Crippen LogP contribution in [-0.4, -0.2) is 39.2 Å². The Kier molecular flexibility index (Phi) is 6.76. The Hall–Kier alpha value is -2.39. The fourth-order valence-electron chi connectivity index (χ4n) is 4.10. The first-order chi connectivity index (χ1) is 14.3. The zero-order valence-corrected chi connectivity index (χ0v) is 18.6. The van der Waals surface area contributed by atoms with Crippen molar-refractivity contribution in [1.82, 2.24) is 14.0 Å². The maximum atomic E-state index is 14.9. The molecule has 1 atom stereocenters. The molecule has 2 aromatic rings. The van der Waals surface area contributed by atoms with E-state index in [0.717, 1.165) is 31.7 Å². The lowest BCUT2D eigenvalue weighted by Crippen LogP contribution is -2.47. The van der Waals surface area contributed by atoms with Crippen LogP contribution < -0.4 is 22.3 Å². The van der Waals surface area contributed by atoms with Gasteiger partial charge in [-0.1, -0.05) is 0 Å². The van der Waals surface area contributed by atoms with Gasteiger partial charge in [0.1, 0.15) is 5.82 Å². The van der Waals surface area contributed by atoms with Crippen LogP contribution in [0.5, 0.6) is 0 Å². The first kappa shape index (κ1) is 23.3. The minimum atomic E-state index is -0.690. The van der Waals surface area contributed by atoms with Crippen molar-refractivity contribution in [2.45, 2.75) is 58.2 Å². The fraction of sp³-hybridized carbons (Fsp3) is 0.571. The molecular formula is C21H29ClFN5O3. The van der Waals surface area contributed by atoms with Gasteiger partial charge in [-0.3, -0.25) is 13.9 Å². The van der Waals surface area contributed by atoms with Gasteiger partial charge >= 0.3 is 11.7 Å². The lowest BCUT2D eigenvalue weighted by atomic mass is 10.1. The molecule has 1 aliphatic carbocycles. The number of nitrogens with two attached hydrogens (primary N) is 1. The first-order valence-corrected chi connectivity index (χ1v) is 10.6. The van der Waals surface area contributed by atoms with E-state index in [1.807, 2.05) is 13.8 Å². The van der Waals surface area contributed by atoms with Crippen molar-refractivity contribution in [2.24, 2.45) is 11.7 Å². The number of amides is 2. The third kappa shape index (κ3) is 4.62. The second-order valence-electron chi connectivity index (χ2n) is 8.73. The smallest absolute Gasteiger partial charge is 0.326 e. The van der Waals surface area contributed by atoms with Crippen molar-refractivity contribution >= 4 is 35.0 Å². The Morgan fingerprint density at radius 3 is 2.58 bits per heavy atom. The zero-order valence-electron chi connectivity index (χ0n) is 17.8. The number of hydrogen-bond donors (Lipinski definition) is 2. The number of likely N-dealkylation sites (tertiary alicyclic amines) is 1. The number of halogens is 2. The summed E-state index contributed by atoms with van der Waals surface area (Å²) in [5, 5.41) is 2.80. The highest BCUT2D eigenvalue weighted by Gasteiger charge is 2.26. The molecule has 0 spiro atoms. The lowest BCUT2D eigenvalue weighted by molar-refractivity contribution is 0.193. The summed E-state index contributed by atoms with van der Waals surface area (Å²) < 4.78 is 17.6. The van der Waals surface area contributed by atoms with E-state index in [9.17, 15) is 18.8 Å². The summed E-state index contributed by atoms with van der Waals surface area (Å²) in [5.41, 5.74) is 5.22. The average molecular weight is 454 g/mol. The minimum absolute atomic E-state index is 0. The summed E-state index contributed by atoms with van der Waals surface area (Å²) >= 11 is 0. The van der Waals surface area contributed by atoms with Gasteiger partial charge < -0.3 is 16.0 Å². The number of fused-ring (bicyclic) bond motifs is 1. The number of carbonyl (C=O) groups excluding carboxylic acids is 1. The molecule has 1 aromatic carbocycles. The van der Waals surface area contributed by atoms with Crippen molar-refractivity contribution in [3.8, 4) is 0 Å². The molecule has 0 bridgehead atoms. The van der Waals surface area contributed by atoms with Crippen LogP contribution in [0.25, 0.3) is 10.9 Å². The van der Waals surface area contributed by atoms with Gasteiger partial charge in [-0.05, 0) is 51.5 Å². The van der Waals surface area contributed by atoms with Gasteiger partial charge in [0.2, 0.25) is 0 Å². The number of carbonyl (C=O) groups is 1. The molecule has 4 rings (SSSR count). The Morgan fingerprint density at radius 2 is 1.97 bits per heavy atom. The van der Waals surface area contributed by atoms with Crippen LogP contribution in [-0.2, 0) is 6.54 Å². The van der Waals surface area contributed by atoms with Crippen LogP contribution in [0.1, 0.15) is 45.6 Å². The van der Waals surface area contributed by atoms with E-state index < -0.39 is 23.1 Å². The largest absolute Gasteiger partial charge is 0.331 e. The topological polar surface area (TPSA) is 102 Å². The molecule has 3 N–H and O–H groups in total. The molecule has 0 radical (unpaired) electrons. The highest BCUT2D eigenvalue weighted by molar-refractivity contribution is 5.93. The van der Waals surface area contributed by atoms with Crippen molar-refractivity contribution in [2.75, 3.05) is 18.4 Å². The molecule has 8 nitrogen and oxygen atoms in total. The maximum absolute atomic E-state index is 14.9. The number of hydrogen-bond acceptors (Lipinski definition) is 4. The van der Waals surface area contributed by atoms with Gasteiger partial charge in [0, 0.05) is 37.8 Å². The molecule has 1 saturated carbocycles. The molecular weight excluding hydrogens is 425 g/mol. The van der Waals surface area contributed by atoms with Crippen molar-refractivity contribution < 1.29 is 9.18 Å². The average Bonchev–Trinajstić information content (AvgIpc) is 3.50. The van der Waals surface area contributed by atoms with Gasteiger partial charge in [-0.2, -0.15) is 0 Å². The maximum Gasteiger partial charge on any atom is 0.331 e. The molecule has 10 heteroatoms. The summed E-state index contributed by atoms with van der Waals surface area (Å²) in [5.74, 6) is -0.360. The molecule has 2 heterocycles. The molecule has 1 aliphatic heterocycles. The van der Waals surface area contributed by atoms with E-state index in [0.29, 0.717) is 25.6 Å². The highest BCUT2D eigenvalue weighted by Crippen LogP contribution is 2.30. The SMILES string of the molecule is CC(C)n1c(=O)n(CC2CC2)c(=O)c2cc(NC(=O)N3CCC[C@@H](N)C3)c(F)cc21.Cl. The monoisotopic (exact) mass is 453 g/mol. The molecule has 2 fully saturated rings. The Bertz CT molecular complexity index is 1110. The van der Waals surface area contributed by atoms with E-state index in [2.05, 4.69) is 5.32 Å². The second-order valence-corrected chi connectivity index (χ2v) is 8.73. The normalized spacial score (nSPS) is 18.9. The predicted octanol–water partition coefficient (Wildman–Crippen LogP) is 2.67. The zero-order chi connectivity index (χ0) is 21.6. The van der Waals surface area contributed by atoms with Gasteiger partial charge in [-0.15, -0.1) is 12.4 Å². The summed E-state index contributed by atoms with van der Waals surface area (Å²) in [4.78, 5) is 40.1. The Morgan fingerprint density at radius 1 is 1.26 bits per heavy atom. The van der Waals surface area contributed by atoms with Crippen molar-refractivity contribution in [3.63, 3.8) is 0 Å². The van der Waals surface area contributed by atoms with Crippen LogP contribution in [0.4, 0.5) is 14.9 Å². The molecule has 1 saturated heterocycles. The van der Waals surface area contributed by atoms with E-state index in [4.69, 9.17) is 5.73 Å². The molecule has 0 unspecified atom stereocenters. The quantitative estimate of drug-likeness (QED) is 0.742. The number of nitrogens with one attached hydrogen (secondary N) is 1. The van der Waals surface area contributed by atoms with E-state index >= 15 is 0 Å². The summed E-state index contributed by atoms with van der Waals surface area (Å²) in [6, 6.07) is 1.72. The Labute approximate surface area is 185 Å². The third-order valence-electron chi connectivity index (χ3n) is 5.90. The Balaban J connectivity index is 0.00000272. The number of benzene rings is 1. The van der Waals surface area contributed by atoms with Gasteiger partial charge in [0.25, 0.3) is 5.56 Å². The van der Waals surface area contributed by atoms with Crippen LogP contribution in [0, 0.1) is 11.7 Å². The number of urea groups is 1. The van der Waals surface area contributed by atoms with Crippen molar-refractivity contribution in [3.05, 3.63) is 38.8 Å². The third-order valence-corrected chi connectivity index (χ3v) is 5.90. The number of nitrogens with zero attached hydrogens (tertiary/aromatic N) is 3. The number of anilines is 1. The standard InChI is InChI=1S/C21H28FN5O3.ClH/c1-12(2)27-18-9-16(22)17(24-20(29)25-7-3-4-14(23)11-25)8-15(18)19(28)26(21(27)30)10-13-5-6-13;/h8-9,12-14H,3-7,10-11,23H2,1-2H3,(H,24,29);1H/t14-;/m1./s1. The van der Waals surface area contributed by atoms with Gasteiger partial charge in [0.15, 0.2) is 0 Å². The van der Waals surface area contributed by atoms with Crippen LogP contribution in [0.2, 0.25) is 0 Å². The van der Waals surface area contributed by atoms with E-state index in [1.165, 1.54) is 15.2 Å². The fourth-order valence-corrected chi connectivity index (χ4v) is 4.10. The summed E-state index contributed by atoms with van der Waals surface area (Å²) in [6.45, 7) is 4.96. The van der Waals surface area contributed by atoms with Crippen LogP contribution in [0.15, 0.2) is 21.7 Å². The first-order valence-electron chi connectivity index (χ1n) is 10.6. The predicted molar refractivity (Wildman–Crippen MR) is 121 cm³/mol. The van der Waals surface area contributed by atoms with Crippen molar-refractivity contribution in [1.29, 1.82) is 0 Å². The second kappa shape index (κ2) is 9.00. The number of piperidine rings is 1. The summed E-state index contributed by atoms with van der Waals surface area (Å²) in [7, 11) is 0.